The summed E-state index contributed by atoms with van der Waals surface area (Å²) in [6, 6.07) is 10.7. The second-order valence-electron chi connectivity index (χ2n) is 6.84. The van der Waals surface area contributed by atoms with Gasteiger partial charge in [0, 0.05) is 24.0 Å². The zero-order chi connectivity index (χ0) is 22.7. The Bertz CT molecular complexity index is 1070. The van der Waals surface area contributed by atoms with Crippen LogP contribution in [0.25, 0.3) is 0 Å². The van der Waals surface area contributed by atoms with E-state index in [9.17, 15) is 14.0 Å². The molecule has 31 heavy (non-hydrogen) atoms. The Kier molecular flexibility index (Phi) is 6.92. The number of ether oxygens (including phenoxy) is 1. The second-order valence-corrected chi connectivity index (χ2v) is 7.63. The highest BCUT2D eigenvalue weighted by Gasteiger charge is 2.35. The first-order chi connectivity index (χ1) is 14.7. The van der Waals surface area contributed by atoms with Crippen LogP contribution in [0, 0.1) is 5.82 Å². The van der Waals surface area contributed by atoms with Gasteiger partial charge in [0.15, 0.2) is 5.11 Å². The number of allylic oxidation sites excluding steroid dienone is 1. The number of nitrogens with one attached hydrogen (secondary N) is 2. The third kappa shape index (κ3) is 4.86. The number of anilines is 2. The van der Waals surface area contributed by atoms with Gasteiger partial charge in [-0.25, -0.2) is 9.18 Å². The molecule has 3 rings (SSSR count). The number of hydrogen-bond donors (Lipinski definition) is 2. The highest BCUT2D eigenvalue weighted by Crippen LogP contribution is 2.35. The van der Waals surface area contributed by atoms with E-state index in [1.54, 1.807) is 43.0 Å². The van der Waals surface area contributed by atoms with Crippen LogP contribution in [0.2, 0.25) is 5.02 Å². The summed E-state index contributed by atoms with van der Waals surface area (Å²) in [4.78, 5) is 25.8. The lowest BCUT2D eigenvalue weighted by Gasteiger charge is -2.37. The predicted octanol–water partition coefficient (Wildman–Crippen LogP) is 4.71. The molecule has 2 aromatic rings. The first-order valence-corrected chi connectivity index (χ1v) is 10.3. The van der Waals surface area contributed by atoms with Gasteiger partial charge >= 0.3 is 5.97 Å². The molecule has 162 valence electrons. The second kappa shape index (κ2) is 9.45. The number of amides is 1. The van der Waals surface area contributed by atoms with Crippen molar-refractivity contribution in [1.29, 1.82) is 0 Å². The van der Waals surface area contributed by atoms with Gasteiger partial charge in [0.05, 0.1) is 23.2 Å². The van der Waals surface area contributed by atoms with Crippen molar-refractivity contribution < 1.29 is 18.7 Å². The summed E-state index contributed by atoms with van der Waals surface area (Å²) < 4.78 is 18.9. The number of carbonyl (C=O) groups excluding carboxylic acids is 2. The lowest BCUT2D eigenvalue weighted by atomic mass is 9.94. The molecule has 2 aromatic carbocycles. The van der Waals surface area contributed by atoms with E-state index in [-0.39, 0.29) is 17.5 Å². The van der Waals surface area contributed by atoms with Crippen LogP contribution in [0.5, 0.6) is 0 Å². The van der Waals surface area contributed by atoms with Crippen LogP contribution in [-0.2, 0) is 14.3 Å². The van der Waals surface area contributed by atoms with Crippen LogP contribution in [0.4, 0.5) is 15.8 Å². The third-order valence-electron chi connectivity index (χ3n) is 4.71. The smallest absolute Gasteiger partial charge is 0.338 e. The molecule has 0 bridgehead atoms. The van der Waals surface area contributed by atoms with Crippen LogP contribution in [0.15, 0.2) is 53.7 Å². The lowest BCUT2D eigenvalue weighted by Crippen LogP contribution is -2.48. The van der Waals surface area contributed by atoms with Crippen molar-refractivity contribution in [3.63, 3.8) is 0 Å². The number of hydrogen-bond acceptors (Lipinski definition) is 4. The number of thiocarbonyl (C=S) groups is 1. The molecule has 0 spiro atoms. The summed E-state index contributed by atoms with van der Waals surface area (Å²) in [5.74, 6) is -1.23. The van der Waals surface area contributed by atoms with Crippen molar-refractivity contribution in [2.75, 3.05) is 16.8 Å². The number of benzene rings is 2. The van der Waals surface area contributed by atoms with E-state index < -0.39 is 17.8 Å². The maximum atomic E-state index is 13.6. The van der Waals surface area contributed by atoms with Crippen LogP contribution >= 0.6 is 23.8 Å². The van der Waals surface area contributed by atoms with Crippen molar-refractivity contribution in [2.24, 2.45) is 0 Å². The normalized spacial score (nSPS) is 16.1. The molecular weight excluding hydrogens is 441 g/mol. The molecule has 1 amide bonds. The van der Waals surface area contributed by atoms with Gasteiger partial charge in [0.1, 0.15) is 5.82 Å². The van der Waals surface area contributed by atoms with Gasteiger partial charge < -0.3 is 15.4 Å². The molecule has 0 aliphatic carbocycles. The van der Waals surface area contributed by atoms with Crippen molar-refractivity contribution in [3.05, 3.63) is 70.1 Å². The number of rotatable bonds is 5. The minimum atomic E-state index is -0.565. The zero-order valence-corrected chi connectivity index (χ0v) is 18.7. The first-order valence-electron chi connectivity index (χ1n) is 9.54. The van der Waals surface area contributed by atoms with E-state index in [0.29, 0.717) is 27.8 Å². The predicted molar refractivity (Wildman–Crippen MR) is 122 cm³/mol. The first kappa shape index (κ1) is 22.7. The molecular formula is C22H21ClFN3O3S. The van der Waals surface area contributed by atoms with E-state index in [2.05, 4.69) is 10.6 Å². The molecule has 2 N–H and O–H groups in total. The fourth-order valence-corrected chi connectivity index (χ4v) is 3.90. The molecule has 9 heteroatoms. The van der Waals surface area contributed by atoms with Crippen LogP contribution in [0.3, 0.4) is 0 Å². The lowest BCUT2D eigenvalue weighted by molar-refractivity contribution is -0.139. The minimum Gasteiger partial charge on any atom is -0.463 e. The van der Waals surface area contributed by atoms with Crippen molar-refractivity contribution in [2.45, 2.75) is 26.8 Å². The summed E-state index contributed by atoms with van der Waals surface area (Å²) in [6.45, 7) is 5.10. The van der Waals surface area contributed by atoms with Crippen LogP contribution in [-0.4, -0.2) is 23.6 Å². The van der Waals surface area contributed by atoms with E-state index in [0.717, 1.165) is 5.56 Å². The maximum absolute atomic E-state index is 13.6. The summed E-state index contributed by atoms with van der Waals surface area (Å²) in [5, 5.41) is 6.14. The van der Waals surface area contributed by atoms with E-state index in [1.807, 2.05) is 0 Å². The Balaban J connectivity index is 2.07. The molecule has 1 aliphatic heterocycles. The van der Waals surface area contributed by atoms with Gasteiger partial charge in [-0.2, -0.15) is 0 Å². The van der Waals surface area contributed by atoms with E-state index >= 15 is 0 Å². The SMILES string of the molecule is CCOC(=O)C1=C(C)N(c2ccc(F)c(Cl)c2)C(=S)NC1c1ccc(NC(C)=O)cc1. The van der Waals surface area contributed by atoms with Crippen molar-refractivity contribution >= 4 is 52.2 Å². The number of carbonyl (C=O) groups is 2. The van der Waals surface area contributed by atoms with Gasteiger partial charge in [0.2, 0.25) is 5.91 Å². The summed E-state index contributed by atoms with van der Waals surface area (Å²) in [6.07, 6.45) is 0. The number of esters is 1. The van der Waals surface area contributed by atoms with Gasteiger partial charge in [-0.15, -0.1) is 0 Å². The van der Waals surface area contributed by atoms with Crippen molar-refractivity contribution in [3.8, 4) is 0 Å². The Morgan fingerprint density at radius 3 is 2.52 bits per heavy atom. The number of nitrogens with zero attached hydrogens (tertiary/aromatic N) is 1. The molecule has 1 heterocycles. The molecule has 0 radical (unpaired) electrons. The Labute approximate surface area is 190 Å². The molecule has 6 nitrogen and oxygen atoms in total. The number of halogens is 2. The monoisotopic (exact) mass is 461 g/mol. The Hall–Kier alpha value is -2.97. The molecule has 1 atom stereocenters. The van der Waals surface area contributed by atoms with E-state index in [1.165, 1.54) is 25.1 Å². The van der Waals surface area contributed by atoms with Gasteiger partial charge in [0.25, 0.3) is 0 Å². The van der Waals surface area contributed by atoms with Crippen LogP contribution < -0.4 is 15.5 Å². The Morgan fingerprint density at radius 1 is 1.26 bits per heavy atom. The van der Waals surface area contributed by atoms with Crippen LogP contribution in [0.1, 0.15) is 32.4 Å². The molecule has 0 saturated carbocycles. The highest BCUT2D eigenvalue weighted by molar-refractivity contribution is 7.80. The topological polar surface area (TPSA) is 70.7 Å². The summed E-state index contributed by atoms with van der Waals surface area (Å²) >= 11 is 11.5. The molecule has 1 aliphatic rings. The molecule has 0 fully saturated rings. The van der Waals surface area contributed by atoms with Crippen molar-refractivity contribution in [1.82, 2.24) is 5.32 Å². The largest absolute Gasteiger partial charge is 0.463 e. The van der Waals surface area contributed by atoms with E-state index in [4.69, 9.17) is 28.6 Å². The van der Waals surface area contributed by atoms with Gasteiger partial charge in [-0.3, -0.25) is 9.69 Å². The summed E-state index contributed by atoms with van der Waals surface area (Å²) in [5.41, 5.74) is 2.82. The average Bonchev–Trinajstić information content (AvgIpc) is 2.70. The maximum Gasteiger partial charge on any atom is 0.338 e. The standard InChI is InChI=1S/C22H21ClFN3O3S/c1-4-30-21(29)19-12(2)27(16-9-10-18(24)17(23)11-16)22(31)26-20(19)14-5-7-15(8-6-14)25-13(3)28/h5-11,20H,4H2,1-3H3,(H,25,28)(H,26,31). The average molecular weight is 462 g/mol. The summed E-state index contributed by atoms with van der Waals surface area (Å²) in [7, 11) is 0. The minimum absolute atomic E-state index is 0.0542. The fraction of sp³-hybridized carbons (Fsp3) is 0.227. The molecule has 0 aromatic heterocycles. The zero-order valence-electron chi connectivity index (χ0n) is 17.2. The van der Waals surface area contributed by atoms with Gasteiger partial charge in [-0.1, -0.05) is 23.7 Å². The molecule has 0 saturated heterocycles. The highest BCUT2D eigenvalue weighted by atomic mass is 35.5. The third-order valence-corrected chi connectivity index (χ3v) is 5.30. The fourth-order valence-electron chi connectivity index (χ4n) is 3.36. The molecule has 1 unspecified atom stereocenters. The quantitative estimate of drug-likeness (QED) is 0.496. The van der Waals surface area contributed by atoms with Gasteiger partial charge in [-0.05, 0) is 62.0 Å². The Morgan fingerprint density at radius 2 is 1.94 bits per heavy atom.